The number of hydrogen-bond acceptors (Lipinski definition) is 2. The average molecular weight is 288 g/mol. The number of hydrogen-bond donors (Lipinski definition) is 1. The summed E-state index contributed by atoms with van der Waals surface area (Å²) < 4.78 is 0. The van der Waals surface area contributed by atoms with E-state index in [1.807, 2.05) is 0 Å². The van der Waals surface area contributed by atoms with E-state index in [9.17, 15) is 9.59 Å². The Bertz CT molecular complexity index is 134. The summed E-state index contributed by atoms with van der Waals surface area (Å²) in [4.78, 5) is 20.3. The Balaban J connectivity index is 3.66. The molecule has 4 nitrogen and oxygen atoms in total. The molecule has 2 amide bonds. The van der Waals surface area contributed by atoms with Gasteiger partial charge < -0.3 is 0 Å². The molecular weight excluding hydrogens is 280 g/mol. The van der Waals surface area contributed by atoms with Gasteiger partial charge in [-0.25, -0.2) is 0 Å². The second-order valence-corrected chi connectivity index (χ2v) is 3.70. The molecule has 0 rings (SSSR count). The molecule has 0 aliphatic heterocycles. The fraction of sp³-hybridized carbons (Fsp3) is 0.600. The number of halogens is 2. The van der Waals surface area contributed by atoms with E-state index < -0.39 is 0 Å². The van der Waals surface area contributed by atoms with Crippen LogP contribution in [-0.2, 0) is 9.59 Å². The van der Waals surface area contributed by atoms with Crippen molar-refractivity contribution >= 4 is 44.7 Å². The molecule has 0 radical (unpaired) electrons. The lowest BCUT2D eigenvalue weighted by Crippen LogP contribution is -2.40. The molecule has 0 aliphatic carbocycles. The first-order valence-electron chi connectivity index (χ1n) is 2.86. The molecule has 6 heteroatoms. The van der Waals surface area contributed by atoms with E-state index in [-0.39, 0.29) is 4.83 Å². The molecule has 1 atom stereocenters. The van der Waals surface area contributed by atoms with Gasteiger partial charge in [-0.3, -0.25) is 20.0 Å². The zero-order chi connectivity index (χ0) is 8.69. The highest BCUT2D eigenvalue weighted by molar-refractivity contribution is 9.12. The Kier molecular flexibility index (Phi) is 6.54. The van der Waals surface area contributed by atoms with Crippen LogP contribution in [0.5, 0.6) is 0 Å². The van der Waals surface area contributed by atoms with Gasteiger partial charge in [0.25, 0.3) is 0 Å². The molecule has 0 saturated heterocycles. The Labute approximate surface area is 81.5 Å². The molecule has 0 aromatic carbocycles. The van der Waals surface area contributed by atoms with Crippen LogP contribution in [0.1, 0.15) is 0 Å². The third-order valence-corrected chi connectivity index (χ3v) is 3.17. The summed E-state index contributed by atoms with van der Waals surface area (Å²) in [5.41, 5.74) is 2.23. The van der Waals surface area contributed by atoms with E-state index in [1.54, 1.807) is 0 Å². The molecule has 0 aromatic rings. The van der Waals surface area contributed by atoms with E-state index in [1.165, 1.54) is 0 Å². The smallest absolute Gasteiger partial charge is 0.228 e. The first-order chi connectivity index (χ1) is 5.24. The standard InChI is InChI=1S/C5H8Br2N2O2/c6-1-5(7)2-9(4-11)8-3-10/h3-5H,1-2H2,(H,8,10)/t5-/m1/s1. The summed E-state index contributed by atoms with van der Waals surface area (Å²) in [5, 5.41) is 1.88. The fourth-order valence-corrected chi connectivity index (χ4v) is 0.973. The molecule has 0 fully saturated rings. The third kappa shape index (κ3) is 5.20. The summed E-state index contributed by atoms with van der Waals surface area (Å²) in [6, 6.07) is 0. The molecule has 64 valence electrons. The van der Waals surface area contributed by atoms with Gasteiger partial charge in [0.05, 0.1) is 6.54 Å². The monoisotopic (exact) mass is 286 g/mol. The van der Waals surface area contributed by atoms with E-state index in [4.69, 9.17) is 0 Å². The van der Waals surface area contributed by atoms with Crippen LogP contribution in [0.15, 0.2) is 0 Å². The van der Waals surface area contributed by atoms with Crippen LogP contribution >= 0.6 is 31.9 Å². The van der Waals surface area contributed by atoms with Gasteiger partial charge in [-0.05, 0) is 0 Å². The van der Waals surface area contributed by atoms with Crippen LogP contribution in [0.25, 0.3) is 0 Å². The highest BCUT2D eigenvalue weighted by Crippen LogP contribution is 2.03. The molecule has 1 N–H and O–H groups in total. The van der Waals surface area contributed by atoms with E-state index in [0.717, 1.165) is 10.3 Å². The van der Waals surface area contributed by atoms with E-state index in [0.29, 0.717) is 19.4 Å². The van der Waals surface area contributed by atoms with Crippen LogP contribution in [-0.4, -0.2) is 34.5 Å². The Hall–Kier alpha value is -0.100. The lowest BCUT2D eigenvalue weighted by Gasteiger charge is -2.17. The number of carbonyl (C=O) groups excluding carboxylic acids is 2. The van der Waals surface area contributed by atoms with Crippen molar-refractivity contribution in [1.29, 1.82) is 0 Å². The summed E-state index contributed by atoms with van der Waals surface area (Å²) in [6.45, 7) is 0.438. The maximum Gasteiger partial charge on any atom is 0.228 e. The molecule has 0 unspecified atom stereocenters. The van der Waals surface area contributed by atoms with Gasteiger partial charge in [-0.15, -0.1) is 0 Å². The second-order valence-electron chi connectivity index (χ2n) is 1.76. The quantitative estimate of drug-likeness (QED) is 0.433. The largest absolute Gasteiger partial charge is 0.277 e. The lowest BCUT2D eigenvalue weighted by atomic mass is 10.5. The van der Waals surface area contributed by atoms with Crippen molar-refractivity contribution in [2.75, 3.05) is 11.9 Å². The van der Waals surface area contributed by atoms with Gasteiger partial charge in [-0.1, -0.05) is 31.9 Å². The number of nitrogens with one attached hydrogen (secondary N) is 1. The second kappa shape index (κ2) is 6.60. The maximum absolute atomic E-state index is 10.2. The first-order valence-corrected chi connectivity index (χ1v) is 4.90. The Morgan fingerprint density at radius 3 is 2.55 bits per heavy atom. The minimum atomic E-state index is 0.139. The zero-order valence-corrected chi connectivity index (χ0v) is 8.84. The van der Waals surface area contributed by atoms with Gasteiger partial charge in [0.15, 0.2) is 0 Å². The number of hydrazine groups is 1. The topological polar surface area (TPSA) is 49.4 Å². The molecule has 11 heavy (non-hydrogen) atoms. The van der Waals surface area contributed by atoms with Crippen LogP contribution in [0.2, 0.25) is 0 Å². The van der Waals surface area contributed by atoms with Crippen molar-refractivity contribution in [2.24, 2.45) is 0 Å². The predicted molar refractivity (Wildman–Crippen MR) is 48.5 cm³/mol. The van der Waals surface area contributed by atoms with Crippen molar-refractivity contribution in [2.45, 2.75) is 4.83 Å². The number of carbonyl (C=O) groups is 2. The minimum absolute atomic E-state index is 0.139. The number of alkyl halides is 2. The number of rotatable bonds is 6. The van der Waals surface area contributed by atoms with Gasteiger partial charge in [0, 0.05) is 10.2 Å². The fourth-order valence-electron chi connectivity index (χ4n) is 0.456. The molecular formula is C5H8Br2N2O2. The van der Waals surface area contributed by atoms with Crippen molar-refractivity contribution in [3.63, 3.8) is 0 Å². The van der Waals surface area contributed by atoms with Crippen LogP contribution in [0.3, 0.4) is 0 Å². The predicted octanol–water partition coefficient (Wildman–Crippen LogP) is 0.264. The van der Waals surface area contributed by atoms with Gasteiger partial charge in [0.1, 0.15) is 0 Å². The van der Waals surface area contributed by atoms with Gasteiger partial charge >= 0.3 is 0 Å². The van der Waals surface area contributed by atoms with E-state index in [2.05, 4.69) is 37.3 Å². The van der Waals surface area contributed by atoms with Crippen LogP contribution in [0.4, 0.5) is 0 Å². The van der Waals surface area contributed by atoms with Gasteiger partial charge in [0.2, 0.25) is 12.8 Å². The Morgan fingerprint density at radius 2 is 2.18 bits per heavy atom. The highest BCUT2D eigenvalue weighted by Gasteiger charge is 2.06. The SMILES string of the molecule is O=CNN(C=O)C[C@H](Br)CBr. The highest BCUT2D eigenvalue weighted by atomic mass is 79.9. The lowest BCUT2D eigenvalue weighted by molar-refractivity contribution is -0.126. The van der Waals surface area contributed by atoms with E-state index >= 15 is 0 Å². The summed E-state index contributed by atoms with van der Waals surface area (Å²) in [5.74, 6) is 0. The van der Waals surface area contributed by atoms with Crippen LogP contribution < -0.4 is 5.43 Å². The zero-order valence-electron chi connectivity index (χ0n) is 5.67. The average Bonchev–Trinajstić information content (AvgIpc) is 2.03. The molecule has 0 aromatic heterocycles. The normalized spacial score (nSPS) is 11.8. The maximum atomic E-state index is 10.2. The Morgan fingerprint density at radius 1 is 1.55 bits per heavy atom. The molecule has 0 aliphatic rings. The van der Waals surface area contributed by atoms with Gasteiger partial charge in [-0.2, -0.15) is 0 Å². The van der Waals surface area contributed by atoms with Crippen LogP contribution in [0, 0.1) is 0 Å². The van der Waals surface area contributed by atoms with Crippen molar-refractivity contribution in [1.82, 2.24) is 10.4 Å². The summed E-state index contributed by atoms with van der Waals surface area (Å²) in [6.07, 6.45) is 1.02. The number of nitrogens with zero attached hydrogens (tertiary/aromatic N) is 1. The summed E-state index contributed by atoms with van der Waals surface area (Å²) in [7, 11) is 0. The molecule has 0 saturated carbocycles. The number of amides is 2. The third-order valence-electron chi connectivity index (χ3n) is 0.908. The molecule has 0 heterocycles. The molecule has 0 bridgehead atoms. The first kappa shape index (κ1) is 10.9. The molecule has 0 spiro atoms. The van der Waals surface area contributed by atoms with Crippen molar-refractivity contribution in [3.8, 4) is 0 Å². The minimum Gasteiger partial charge on any atom is -0.277 e. The van der Waals surface area contributed by atoms with Crippen molar-refractivity contribution in [3.05, 3.63) is 0 Å². The summed E-state index contributed by atoms with van der Waals surface area (Å²) >= 11 is 6.50. The van der Waals surface area contributed by atoms with Crippen molar-refractivity contribution < 1.29 is 9.59 Å².